The molecule has 7 heteroatoms. The molecule has 3 rings (SSSR count). The Bertz CT molecular complexity index is 794. The van der Waals surface area contributed by atoms with Crippen LogP contribution >= 0.6 is 11.6 Å². The molecule has 1 N–H and O–H groups in total. The van der Waals surface area contributed by atoms with Gasteiger partial charge in [-0.15, -0.1) is 0 Å². The third kappa shape index (κ3) is 4.25. The molecule has 1 aliphatic rings. The molecular weight excluding hydrogens is 357 g/mol. The SMILES string of the molecule is CN(/C(=N\O)c1ccnc(Oc2ccc(F)c(Cl)c2)c1)C1CCCCC1. The van der Waals surface area contributed by atoms with Crippen LogP contribution in [0.15, 0.2) is 41.7 Å². The first kappa shape index (κ1) is 18.5. The lowest BCUT2D eigenvalue weighted by atomic mass is 9.94. The molecule has 5 nitrogen and oxygen atoms in total. The number of hydrogen-bond acceptors (Lipinski definition) is 4. The zero-order valence-corrected chi connectivity index (χ0v) is 15.3. The average molecular weight is 378 g/mol. The molecular formula is C19H21ClFN3O2. The van der Waals surface area contributed by atoms with Crippen molar-refractivity contribution in [3.8, 4) is 11.6 Å². The minimum atomic E-state index is -0.510. The second-order valence-corrected chi connectivity index (χ2v) is 6.79. The van der Waals surface area contributed by atoms with Crippen molar-refractivity contribution in [2.45, 2.75) is 38.1 Å². The molecule has 0 spiro atoms. The maximum absolute atomic E-state index is 13.3. The van der Waals surface area contributed by atoms with Crippen molar-refractivity contribution in [1.82, 2.24) is 9.88 Å². The number of amidine groups is 1. The van der Waals surface area contributed by atoms with Crippen LogP contribution < -0.4 is 4.74 Å². The van der Waals surface area contributed by atoms with Gasteiger partial charge >= 0.3 is 0 Å². The van der Waals surface area contributed by atoms with Gasteiger partial charge in [0.1, 0.15) is 11.6 Å². The quantitative estimate of drug-likeness (QED) is 0.350. The lowest BCUT2D eigenvalue weighted by Crippen LogP contribution is -2.38. The Morgan fingerprint density at radius 2 is 2.04 bits per heavy atom. The van der Waals surface area contributed by atoms with Gasteiger partial charge < -0.3 is 14.8 Å². The predicted octanol–water partition coefficient (Wildman–Crippen LogP) is 5.07. The Kier molecular flexibility index (Phi) is 5.93. The topological polar surface area (TPSA) is 58.0 Å². The molecule has 0 radical (unpaired) electrons. The molecule has 1 fully saturated rings. The van der Waals surface area contributed by atoms with Gasteiger partial charge in [0.25, 0.3) is 0 Å². The highest BCUT2D eigenvalue weighted by atomic mass is 35.5. The molecule has 0 amide bonds. The number of hydrogen-bond donors (Lipinski definition) is 1. The molecule has 1 aromatic heterocycles. The second-order valence-electron chi connectivity index (χ2n) is 6.39. The monoisotopic (exact) mass is 377 g/mol. The first-order chi connectivity index (χ1) is 12.6. The number of rotatable bonds is 4. The largest absolute Gasteiger partial charge is 0.439 e. The molecule has 1 aromatic carbocycles. The molecule has 1 saturated carbocycles. The number of benzene rings is 1. The van der Waals surface area contributed by atoms with Crippen molar-refractivity contribution in [1.29, 1.82) is 0 Å². The Morgan fingerprint density at radius 3 is 2.73 bits per heavy atom. The van der Waals surface area contributed by atoms with Crippen molar-refractivity contribution >= 4 is 17.4 Å². The fourth-order valence-corrected chi connectivity index (χ4v) is 3.41. The van der Waals surface area contributed by atoms with Gasteiger partial charge in [0.15, 0.2) is 5.84 Å². The van der Waals surface area contributed by atoms with Crippen LogP contribution in [0.5, 0.6) is 11.6 Å². The van der Waals surface area contributed by atoms with Gasteiger partial charge in [-0.3, -0.25) is 0 Å². The third-order valence-electron chi connectivity index (χ3n) is 4.66. The lowest BCUT2D eigenvalue weighted by molar-refractivity contribution is 0.256. The molecule has 1 aliphatic carbocycles. The molecule has 2 aromatic rings. The third-order valence-corrected chi connectivity index (χ3v) is 4.95. The van der Waals surface area contributed by atoms with Gasteiger partial charge in [-0.2, -0.15) is 0 Å². The van der Waals surface area contributed by atoms with E-state index in [0.29, 0.717) is 29.1 Å². The van der Waals surface area contributed by atoms with E-state index in [-0.39, 0.29) is 5.02 Å². The van der Waals surface area contributed by atoms with E-state index in [0.717, 1.165) is 12.8 Å². The van der Waals surface area contributed by atoms with E-state index < -0.39 is 5.82 Å². The van der Waals surface area contributed by atoms with E-state index in [4.69, 9.17) is 16.3 Å². The molecule has 0 atom stereocenters. The highest BCUT2D eigenvalue weighted by molar-refractivity contribution is 6.30. The molecule has 0 saturated heterocycles. The van der Waals surface area contributed by atoms with E-state index in [9.17, 15) is 9.60 Å². The van der Waals surface area contributed by atoms with E-state index in [2.05, 4.69) is 10.1 Å². The van der Waals surface area contributed by atoms with Gasteiger partial charge in [0.05, 0.1) is 5.02 Å². The van der Waals surface area contributed by atoms with Crippen LogP contribution in [0.1, 0.15) is 37.7 Å². The Balaban J connectivity index is 1.79. The smallest absolute Gasteiger partial charge is 0.219 e. The second kappa shape index (κ2) is 8.36. The number of oxime groups is 1. The van der Waals surface area contributed by atoms with E-state index >= 15 is 0 Å². The fraction of sp³-hybridized carbons (Fsp3) is 0.368. The molecule has 0 bridgehead atoms. The average Bonchev–Trinajstić information content (AvgIpc) is 2.66. The van der Waals surface area contributed by atoms with Crippen LogP contribution in [0.2, 0.25) is 5.02 Å². The van der Waals surface area contributed by atoms with Crippen LogP contribution in [0.3, 0.4) is 0 Å². The van der Waals surface area contributed by atoms with Crippen molar-refractivity contribution in [2.24, 2.45) is 5.16 Å². The van der Waals surface area contributed by atoms with Gasteiger partial charge in [-0.05, 0) is 31.0 Å². The van der Waals surface area contributed by atoms with E-state index in [1.165, 1.54) is 37.5 Å². The number of aromatic nitrogens is 1. The summed E-state index contributed by atoms with van der Waals surface area (Å²) in [5.74, 6) is 0.651. The molecule has 1 heterocycles. The lowest BCUT2D eigenvalue weighted by Gasteiger charge is -2.33. The maximum atomic E-state index is 13.3. The number of nitrogens with zero attached hydrogens (tertiary/aromatic N) is 3. The first-order valence-corrected chi connectivity index (χ1v) is 9.00. The van der Waals surface area contributed by atoms with E-state index in [1.807, 2.05) is 11.9 Å². The molecule has 138 valence electrons. The summed E-state index contributed by atoms with van der Waals surface area (Å²) in [6.07, 6.45) is 7.36. The zero-order chi connectivity index (χ0) is 18.5. The highest BCUT2D eigenvalue weighted by Crippen LogP contribution is 2.27. The van der Waals surface area contributed by atoms with Gasteiger partial charge in [0.2, 0.25) is 5.88 Å². The van der Waals surface area contributed by atoms with Crippen LogP contribution in [0, 0.1) is 5.82 Å². The zero-order valence-electron chi connectivity index (χ0n) is 14.5. The molecule has 26 heavy (non-hydrogen) atoms. The number of pyridine rings is 1. The Labute approximate surface area is 157 Å². The molecule has 0 aliphatic heterocycles. The summed E-state index contributed by atoms with van der Waals surface area (Å²) in [4.78, 5) is 6.17. The van der Waals surface area contributed by atoms with Crippen LogP contribution in [-0.4, -0.2) is 34.0 Å². The Morgan fingerprint density at radius 1 is 1.27 bits per heavy atom. The van der Waals surface area contributed by atoms with Crippen molar-refractivity contribution in [3.05, 3.63) is 52.9 Å². The Hall–Kier alpha value is -2.34. The van der Waals surface area contributed by atoms with Gasteiger partial charge in [-0.25, -0.2) is 9.37 Å². The summed E-state index contributed by atoms with van der Waals surface area (Å²) in [6.45, 7) is 0. The highest BCUT2D eigenvalue weighted by Gasteiger charge is 2.22. The normalized spacial score (nSPS) is 15.7. The van der Waals surface area contributed by atoms with Crippen molar-refractivity contribution in [3.63, 3.8) is 0 Å². The minimum absolute atomic E-state index is 0.0201. The summed E-state index contributed by atoms with van der Waals surface area (Å²) >= 11 is 5.78. The maximum Gasteiger partial charge on any atom is 0.219 e. The van der Waals surface area contributed by atoms with Crippen LogP contribution in [0.25, 0.3) is 0 Å². The van der Waals surface area contributed by atoms with Gasteiger partial charge in [-0.1, -0.05) is 36.0 Å². The summed E-state index contributed by atoms with van der Waals surface area (Å²) in [5.41, 5.74) is 0.693. The fourth-order valence-electron chi connectivity index (χ4n) is 3.24. The minimum Gasteiger partial charge on any atom is -0.439 e. The number of halogens is 2. The van der Waals surface area contributed by atoms with Crippen LogP contribution in [0.4, 0.5) is 4.39 Å². The van der Waals surface area contributed by atoms with Crippen LogP contribution in [-0.2, 0) is 0 Å². The molecule has 0 unspecified atom stereocenters. The number of ether oxygens (including phenoxy) is 1. The van der Waals surface area contributed by atoms with Gasteiger partial charge in [0, 0.05) is 37.0 Å². The standard InChI is InChI=1S/C19H21ClFN3O2/c1-24(14-5-3-2-4-6-14)19(23-25)13-9-10-22-18(11-13)26-15-7-8-17(21)16(20)12-15/h7-12,14,25H,2-6H2,1H3/b23-19-. The first-order valence-electron chi connectivity index (χ1n) is 8.62. The summed E-state index contributed by atoms with van der Waals surface area (Å²) in [7, 11) is 1.94. The summed E-state index contributed by atoms with van der Waals surface area (Å²) < 4.78 is 18.9. The van der Waals surface area contributed by atoms with Crippen molar-refractivity contribution < 1.29 is 14.3 Å². The predicted molar refractivity (Wildman–Crippen MR) is 98.7 cm³/mol. The summed E-state index contributed by atoms with van der Waals surface area (Å²) in [5, 5.41) is 13.0. The van der Waals surface area contributed by atoms with Crippen molar-refractivity contribution in [2.75, 3.05) is 7.05 Å². The summed E-state index contributed by atoms with van der Waals surface area (Å²) in [6, 6.07) is 7.90. The van der Waals surface area contributed by atoms with E-state index in [1.54, 1.807) is 18.3 Å².